The van der Waals surface area contributed by atoms with Gasteiger partial charge in [0.2, 0.25) is 5.91 Å². The zero-order valence-corrected chi connectivity index (χ0v) is 8.50. The van der Waals surface area contributed by atoms with E-state index < -0.39 is 5.38 Å². The number of carbonyl (C=O) groups excluding carboxylic acids is 1. The molecule has 0 bridgehead atoms. The summed E-state index contributed by atoms with van der Waals surface area (Å²) in [7, 11) is 1.58. The molecule has 1 N–H and O–H groups in total. The van der Waals surface area contributed by atoms with Gasteiger partial charge in [-0.15, -0.1) is 22.9 Å². The van der Waals surface area contributed by atoms with Gasteiger partial charge in [0.05, 0.1) is 0 Å². The molecule has 0 saturated carbocycles. The van der Waals surface area contributed by atoms with Crippen LogP contribution in [0.25, 0.3) is 0 Å². The summed E-state index contributed by atoms with van der Waals surface area (Å²) in [6.45, 7) is 1.99. The van der Waals surface area contributed by atoms with E-state index in [2.05, 4.69) is 5.32 Å². The second-order valence-electron chi connectivity index (χ2n) is 2.43. The van der Waals surface area contributed by atoms with Crippen LogP contribution < -0.4 is 5.32 Å². The molecule has 0 radical (unpaired) electrons. The Labute approximate surface area is 80.5 Å². The van der Waals surface area contributed by atoms with Gasteiger partial charge >= 0.3 is 0 Å². The summed E-state index contributed by atoms with van der Waals surface area (Å²) in [5.74, 6) is -0.154. The molecule has 1 aromatic heterocycles. The summed E-state index contributed by atoms with van der Waals surface area (Å²) < 4.78 is 0. The third kappa shape index (κ3) is 1.99. The lowest BCUT2D eigenvalue weighted by molar-refractivity contribution is -0.120. The predicted molar refractivity (Wildman–Crippen MR) is 51.7 cm³/mol. The third-order valence-electron chi connectivity index (χ3n) is 1.49. The van der Waals surface area contributed by atoms with Crippen LogP contribution >= 0.6 is 22.9 Å². The van der Waals surface area contributed by atoms with Crippen LogP contribution in [0.4, 0.5) is 0 Å². The Kier molecular flexibility index (Phi) is 3.12. The monoisotopic (exact) mass is 203 g/mol. The van der Waals surface area contributed by atoms with Crippen molar-refractivity contribution in [3.63, 3.8) is 0 Å². The maximum atomic E-state index is 11.1. The molecule has 0 aliphatic carbocycles. The largest absolute Gasteiger partial charge is 0.358 e. The van der Waals surface area contributed by atoms with E-state index in [1.54, 1.807) is 18.4 Å². The summed E-state index contributed by atoms with van der Waals surface area (Å²) in [6.07, 6.45) is 0. The number of hydrogen-bond donors (Lipinski definition) is 1. The van der Waals surface area contributed by atoms with Crippen molar-refractivity contribution in [3.05, 3.63) is 21.9 Å². The molecule has 0 saturated heterocycles. The van der Waals surface area contributed by atoms with Crippen molar-refractivity contribution in [1.29, 1.82) is 0 Å². The van der Waals surface area contributed by atoms with Crippen molar-refractivity contribution < 1.29 is 4.79 Å². The maximum absolute atomic E-state index is 11.1. The normalized spacial score (nSPS) is 12.6. The summed E-state index contributed by atoms with van der Waals surface area (Å²) in [5.41, 5.74) is 0. The van der Waals surface area contributed by atoms with E-state index in [4.69, 9.17) is 11.6 Å². The number of halogens is 1. The minimum absolute atomic E-state index is 0.154. The third-order valence-corrected chi connectivity index (χ3v) is 3.12. The van der Waals surface area contributed by atoms with Gasteiger partial charge in [0, 0.05) is 16.8 Å². The lowest BCUT2D eigenvalue weighted by Crippen LogP contribution is -2.21. The highest BCUT2D eigenvalue weighted by atomic mass is 35.5. The average Bonchev–Trinajstić information content (AvgIpc) is 2.49. The lowest BCUT2D eigenvalue weighted by Gasteiger charge is -2.03. The zero-order valence-electron chi connectivity index (χ0n) is 6.93. The molecule has 1 amide bonds. The second kappa shape index (κ2) is 3.92. The summed E-state index contributed by atoms with van der Waals surface area (Å²) in [5, 5.41) is 1.96. The van der Waals surface area contributed by atoms with Crippen LogP contribution in [-0.4, -0.2) is 13.0 Å². The van der Waals surface area contributed by atoms with E-state index in [9.17, 15) is 4.79 Å². The number of rotatable bonds is 2. The molecule has 1 aromatic rings. The van der Waals surface area contributed by atoms with Gasteiger partial charge in [-0.2, -0.15) is 0 Å². The van der Waals surface area contributed by atoms with Crippen LogP contribution in [-0.2, 0) is 4.79 Å². The van der Waals surface area contributed by atoms with Crippen LogP contribution in [0, 0.1) is 6.92 Å². The smallest absolute Gasteiger partial charge is 0.243 e. The van der Waals surface area contributed by atoms with Crippen LogP contribution in [0.5, 0.6) is 0 Å². The molecule has 0 aliphatic heterocycles. The van der Waals surface area contributed by atoms with E-state index >= 15 is 0 Å². The van der Waals surface area contributed by atoms with Gasteiger partial charge in [0.1, 0.15) is 5.38 Å². The van der Waals surface area contributed by atoms with Crippen LogP contribution in [0.3, 0.4) is 0 Å². The van der Waals surface area contributed by atoms with Gasteiger partial charge in [-0.1, -0.05) is 0 Å². The predicted octanol–water partition coefficient (Wildman–Crippen LogP) is 2.08. The number of likely N-dealkylation sites (N-methyl/N-ethyl adjacent to an activating group) is 1. The van der Waals surface area contributed by atoms with E-state index in [1.807, 2.05) is 19.1 Å². The van der Waals surface area contributed by atoms with Crippen LogP contribution in [0.1, 0.15) is 15.1 Å². The molecule has 2 nitrogen and oxygen atoms in total. The van der Waals surface area contributed by atoms with Gasteiger partial charge < -0.3 is 5.32 Å². The van der Waals surface area contributed by atoms with Gasteiger partial charge in [-0.05, 0) is 19.1 Å². The molecule has 66 valence electrons. The Balaban J connectivity index is 2.77. The Morgan fingerprint density at radius 1 is 1.67 bits per heavy atom. The van der Waals surface area contributed by atoms with Crippen molar-refractivity contribution >= 4 is 28.8 Å². The zero-order chi connectivity index (χ0) is 9.14. The molecular weight excluding hydrogens is 194 g/mol. The molecule has 0 spiro atoms. The SMILES string of the molecule is CNC(=O)C(Cl)c1ccc(C)s1. The fourth-order valence-electron chi connectivity index (χ4n) is 0.846. The Bertz CT molecular complexity index is 284. The van der Waals surface area contributed by atoms with Crippen molar-refractivity contribution in [2.75, 3.05) is 7.05 Å². The molecule has 1 rings (SSSR count). The first-order valence-electron chi connectivity index (χ1n) is 3.57. The van der Waals surface area contributed by atoms with Crippen molar-refractivity contribution in [2.45, 2.75) is 12.3 Å². The fourth-order valence-corrected chi connectivity index (χ4v) is 2.02. The number of amides is 1. The molecular formula is C8H10ClNOS. The molecule has 4 heteroatoms. The fraction of sp³-hybridized carbons (Fsp3) is 0.375. The lowest BCUT2D eigenvalue weighted by atomic mass is 10.3. The highest BCUT2D eigenvalue weighted by molar-refractivity contribution is 7.12. The minimum atomic E-state index is -0.548. The molecule has 1 atom stereocenters. The molecule has 1 heterocycles. The maximum Gasteiger partial charge on any atom is 0.243 e. The number of alkyl halides is 1. The summed E-state index contributed by atoms with van der Waals surface area (Å²) in [6, 6.07) is 3.84. The first kappa shape index (κ1) is 9.55. The van der Waals surface area contributed by atoms with Crippen LogP contribution in [0.2, 0.25) is 0 Å². The number of thiophene rings is 1. The molecule has 0 aromatic carbocycles. The summed E-state index contributed by atoms with van der Waals surface area (Å²) in [4.78, 5) is 13.1. The average molecular weight is 204 g/mol. The molecule has 0 aliphatic rings. The van der Waals surface area contributed by atoms with Gasteiger partial charge in [0.25, 0.3) is 0 Å². The Morgan fingerprint density at radius 3 is 2.75 bits per heavy atom. The standard InChI is InChI=1S/C8H10ClNOS/c1-5-3-4-6(12-5)7(9)8(11)10-2/h3-4,7H,1-2H3,(H,10,11). The first-order valence-corrected chi connectivity index (χ1v) is 4.82. The number of carbonyl (C=O) groups is 1. The highest BCUT2D eigenvalue weighted by Gasteiger charge is 2.17. The minimum Gasteiger partial charge on any atom is -0.358 e. The first-order chi connectivity index (χ1) is 5.65. The van der Waals surface area contributed by atoms with Gasteiger partial charge in [-0.3, -0.25) is 4.79 Å². The number of hydrogen-bond acceptors (Lipinski definition) is 2. The molecule has 0 fully saturated rings. The van der Waals surface area contributed by atoms with E-state index in [1.165, 1.54) is 4.88 Å². The quantitative estimate of drug-likeness (QED) is 0.733. The van der Waals surface area contributed by atoms with Crippen molar-refractivity contribution in [3.8, 4) is 0 Å². The number of nitrogens with one attached hydrogen (secondary N) is 1. The summed E-state index contributed by atoms with van der Waals surface area (Å²) >= 11 is 7.42. The van der Waals surface area contributed by atoms with E-state index in [0.717, 1.165) is 4.88 Å². The Morgan fingerprint density at radius 2 is 2.33 bits per heavy atom. The molecule has 12 heavy (non-hydrogen) atoms. The second-order valence-corrected chi connectivity index (χ2v) is 4.18. The topological polar surface area (TPSA) is 29.1 Å². The Hall–Kier alpha value is -0.540. The van der Waals surface area contributed by atoms with Crippen molar-refractivity contribution in [1.82, 2.24) is 5.32 Å². The molecule has 1 unspecified atom stereocenters. The van der Waals surface area contributed by atoms with Crippen LogP contribution in [0.15, 0.2) is 12.1 Å². The van der Waals surface area contributed by atoms with Gasteiger partial charge in [0.15, 0.2) is 0 Å². The van der Waals surface area contributed by atoms with E-state index in [0.29, 0.717) is 0 Å². The number of aryl methyl sites for hydroxylation is 1. The highest BCUT2D eigenvalue weighted by Crippen LogP contribution is 2.27. The van der Waals surface area contributed by atoms with Gasteiger partial charge in [-0.25, -0.2) is 0 Å². The van der Waals surface area contributed by atoms with Crippen molar-refractivity contribution in [2.24, 2.45) is 0 Å². The van der Waals surface area contributed by atoms with E-state index in [-0.39, 0.29) is 5.91 Å².